The third-order valence-electron chi connectivity index (χ3n) is 6.33. The molecule has 170 valence electrons. The molecular weight excluding hydrogens is 419 g/mol. The number of fused-ring (bicyclic) bond motifs is 1. The van der Waals surface area contributed by atoms with E-state index in [1.165, 1.54) is 6.07 Å². The van der Waals surface area contributed by atoms with Crippen LogP contribution in [-0.4, -0.2) is 23.4 Å². The summed E-state index contributed by atoms with van der Waals surface area (Å²) in [5, 5.41) is 20.0. The number of hydrogen-bond acceptors (Lipinski definition) is 7. The van der Waals surface area contributed by atoms with Gasteiger partial charge in [-0.05, 0) is 70.3 Å². The summed E-state index contributed by atoms with van der Waals surface area (Å²) in [5.74, 6) is -0.0891. The minimum atomic E-state index is -0.471. The molecule has 0 amide bonds. The quantitative estimate of drug-likeness (QED) is 0.250. The lowest BCUT2D eigenvalue weighted by Gasteiger charge is -2.32. The van der Waals surface area contributed by atoms with Gasteiger partial charge in [0.1, 0.15) is 17.0 Å². The molecule has 0 aliphatic carbocycles. The van der Waals surface area contributed by atoms with E-state index in [2.05, 4.69) is 16.8 Å². The van der Waals surface area contributed by atoms with Gasteiger partial charge in [0, 0.05) is 17.0 Å². The molecule has 7 nitrogen and oxygen atoms in total. The summed E-state index contributed by atoms with van der Waals surface area (Å²) < 4.78 is 17.5. The van der Waals surface area contributed by atoms with E-state index in [0.29, 0.717) is 28.6 Å². The highest BCUT2D eigenvalue weighted by Crippen LogP contribution is 2.39. The number of phenols is 1. The van der Waals surface area contributed by atoms with Crippen molar-refractivity contribution in [1.82, 2.24) is 0 Å². The van der Waals surface area contributed by atoms with Crippen LogP contribution in [0.1, 0.15) is 38.8 Å². The maximum absolute atomic E-state index is 11.8. The van der Waals surface area contributed by atoms with Crippen LogP contribution in [-0.2, 0) is 15.7 Å². The topological polar surface area (TPSA) is 93.6 Å². The molecule has 1 aliphatic rings. The van der Waals surface area contributed by atoms with Crippen LogP contribution in [0, 0.1) is 6.92 Å². The van der Waals surface area contributed by atoms with Gasteiger partial charge in [0.15, 0.2) is 0 Å². The van der Waals surface area contributed by atoms with Gasteiger partial charge in [-0.25, -0.2) is 4.79 Å². The van der Waals surface area contributed by atoms with Crippen molar-refractivity contribution in [2.24, 2.45) is 10.2 Å². The van der Waals surface area contributed by atoms with Crippen molar-refractivity contribution in [2.45, 2.75) is 52.2 Å². The lowest BCUT2D eigenvalue weighted by atomic mass is 9.79. The third-order valence-corrected chi connectivity index (χ3v) is 6.33. The summed E-state index contributed by atoms with van der Waals surface area (Å²) in [7, 11) is -0.454. The van der Waals surface area contributed by atoms with Gasteiger partial charge in [-0.1, -0.05) is 18.2 Å². The van der Waals surface area contributed by atoms with E-state index in [-0.39, 0.29) is 11.4 Å². The van der Waals surface area contributed by atoms with Crippen LogP contribution in [0.3, 0.4) is 0 Å². The molecule has 8 heteroatoms. The summed E-state index contributed by atoms with van der Waals surface area (Å²) in [6, 6.07) is 10.5. The Labute approximate surface area is 192 Å². The van der Waals surface area contributed by atoms with Crippen molar-refractivity contribution in [3.05, 3.63) is 70.6 Å². The van der Waals surface area contributed by atoms with Crippen LogP contribution in [0.5, 0.6) is 5.75 Å². The van der Waals surface area contributed by atoms with Gasteiger partial charge < -0.3 is 18.8 Å². The van der Waals surface area contributed by atoms with Crippen LogP contribution in [0.15, 0.2) is 68.5 Å². The standard InChI is InChI=1S/C25H27BN2O5/c1-7-8-18-22(30)20(14-19-15(2)13-21(29)31-23(18)19)28-27-17-11-9-16(10-12-17)26-32-24(3,4)25(5,6)33-26/h7,9-14,30H,1,8H2,2-6H3. The molecule has 1 fully saturated rings. The maximum atomic E-state index is 11.8. The first-order valence-corrected chi connectivity index (χ1v) is 10.8. The summed E-state index contributed by atoms with van der Waals surface area (Å²) in [4.78, 5) is 11.8. The van der Waals surface area contributed by atoms with Gasteiger partial charge in [0.25, 0.3) is 0 Å². The molecule has 0 unspecified atom stereocenters. The van der Waals surface area contributed by atoms with Gasteiger partial charge in [0.05, 0.1) is 16.9 Å². The minimum Gasteiger partial charge on any atom is -0.505 e. The monoisotopic (exact) mass is 446 g/mol. The van der Waals surface area contributed by atoms with Crippen molar-refractivity contribution in [3.63, 3.8) is 0 Å². The zero-order chi connectivity index (χ0) is 24.0. The fraction of sp³-hybridized carbons (Fsp3) is 0.320. The molecule has 0 saturated carbocycles. The number of rotatable bonds is 5. The van der Waals surface area contributed by atoms with Gasteiger partial charge in [-0.3, -0.25) is 0 Å². The molecule has 0 radical (unpaired) electrons. The number of aromatic hydroxyl groups is 1. The second-order valence-corrected chi connectivity index (χ2v) is 9.22. The number of hydrogen-bond donors (Lipinski definition) is 1. The highest BCUT2D eigenvalue weighted by atomic mass is 16.7. The van der Waals surface area contributed by atoms with Crippen LogP contribution in [0.4, 0.5) is 11.4 Å². The Hall–Kier alpha value is -3.23. The van der Waals surface area contributed by atoms with E-state index >= 15 is 0 Å². The van der Waals surface area contributed by atoms with Crippen molar-refractivity contribution >= 4 is 34.9 Å². The minimum absolute atomic E-state index is 0.0891. The first-order valence-electron chi connectivity index (χ1n) is 10.8. The molecule has 0 atom stereocenters. The average molecular weight is 446 g/mol. The SMILES string of the molecule is C=CCc1c(O)c(N=Nc2ccc(B3OC(C)(C)C(C)(C)O3)cc2)cc2c(C)cc(=O)oc12. The normalized spacial score (nSPS) is 17.2. The zero-order valence-electron chi connectivity index (χ0n) is 19.5. The van der Waals surface area contributed by atoms with E-state index in [1.807, 2.05) is 58.9 Å². The smallest absolute Gasteiger partial charge is 0.494 e. The first kappa shape index (κ1) is 23.0. The van der Waals surface area contributed by atoms with Crippen molar-refractivity contribution in [1.29, 1.82) is 0 Å². The molecule has 4 rings (SSSR count). The second kappa shape index (κ2) is 8.28. The van der Waals surface area contributed by atoms with Crippen LogP contribution in [0.2, 0.25) is 0 Å². The molecule has 33 heavy (non-hydrogen) atoms. The molecule has 1 aromatic heterocycles. The van der Waals surface area contributed by atoms with Crippen LogP contribution >= 0.6 is 0 Å². The highest BCUT2D eigenvalue weighted by Gasteiger charge is 2.51. The molecule has 1 aliphatic heterocycles. The summed E-state index contributed by atoms with van der Waals surface area (Å²) in [6.07, 6.45) is 1.95. The number of benzene rings is 2. The Morgan fingerprint density at radius 2 is 1.70 bits per heavy atom. The summed E-state index contributed by atoms with van der Waals surface area (Å²) >= 11 is 0. The molecule has 2 aromatic carbocycles. The molecule has 0 bridgehead atoms. The average Bonchev–Trinajstić information content (AvgIpc) is 2.96. The highest BCUT2D eigenvalue weighted by molar-refractivity contribution is 6.62. The van der Waals surface area contributed by atoms with Gasteiger partial charge >= 0.3 is 12.7 Å². The van der Waals surface area contributed by atoms with E-state index in [4.69, 9.17) is 13.7 Å². The lowest BCUT2D eigenvalue weighted by Crippen LogP contribution is -2.41. The largest absolute Gasteiger partial charge is 0.505 e. The Balaban J connectivity index is 1.64. The molecule has 3 aromatic rings. The van der Waals surface area contributed by atoms with Gasteiger partial charge in [-0.2, -0.15) is 5.11 Å². The van der Waals surface area contributed by atoms with Crippen molar-refractivity contribution < 1.29 is 18.8 Å². The number of azo groups is 1. The Bertz CT molecular complexity index is 1290. The van der Waals surface area contributed by atoms with Crippen molar-refractivity contribution in [2.75, 3.05) is 0 Å². The third kappa shape index (κ3) is 4.24. The fourth-order valence-electron chi connectivity index (χ4n) is 3.69. The molecule has 1 N–H and O–H groups in total. The van der Waals surface area contributed by atoms with Crippen molar-refractivity contribution in [3.8, 4) is 5.75 Å². The molecule has 2 heterocycles. The Morgan fingerprint density at radius 1 is 1.06 bits per heavy atom. The van der Waals surface area contributed by atoms with E-state index in [9.17, 15) is 9.90 Å². The predicted octanol–water partition coefficient (Wildman–Crippen LogP) is 5.25. The number of allylic oxidation sites excluding steroid dienone is 1. The van der Waals surface area contributed by atoms with Crippen LogP contribution in [0.25, 0.3) is 11.0 Å². The summed E-state index contributed by atoms with van der Waals surface area (Å²) in [6.45, 7) is 13.6. The number of nitrogens with zero attached hydrogens (tertiary/aromatic N) is 2. The second-order valence-electron chi connectivity index (χ2n) is 9.22. The van der Waals surface area contributed by atoms with Gasteiger partial charge in [-0.15, -0.1) is 11.7 Å². The van der Waals surface area contributed by atoms with E-state index < -0.39 is 23.9 Å². The Kier molecular flexibility index (Phi) is 5.76. The first-order chi connectivity index (χ1) is 15.5. The molecule has 1 saturated heterocycles. The molecule has 0 spiro atoms. The predicted molar refractivity (Wildman–Crippen MR) is 129 cm³/mol. The Morgan fingerprint density at radius 3 is 2.30 bits per heavy atom. The van der Waals surface area contributed by atoms with Gasteiger partial charge in [0.2, 0.25) is 0 Å². The fourth-order valence-corrected chi connectivity index (χ4v) is 3.69. The summed E-state index contributed by atoms with van der Waals surface area (Å²) in [5.41, 5.74) is 2.00. The van der Waals surface area contributed by atoms with E-state index in [1.54, 1.807) is 12.1 Å². The molecular formula is C25H27BN2O5. The van der Waals surface area contributed by atoms with Crippen LogP contribution < -0.4 is 11.1 Å². The lowest BCUT2D eigenvalue weighted by molar-refractivity contribution is 0.00578. The maximum Gasteiger partial charge on any atom is 0.494 e. The zero-order valence-corrected chi connectivity index (χ0v) is 19.5. The number of aryl methyl sites for hydroxylation is 1. The van der Waals surface area contributed by atoms with E-state index in [0.717, 1.165) is 11.0 Å². The number of phenolic OH excluding ortho intramolecular Hbond substituents is 1.